The summed E-state index contributed by atoms with van der Waals surface area (Å²) in [7, 11) is 0. The smallest absolute Gasteiger partial charge is 0.00119 e. The summed E-state index contributed by atoms with van der Waals surface area (Å²) in [4.78, 5) is 0. The lowest BCUT2D eigenvalue weighted by Crippen LogP contribution is -2.13. The second-order valence-electron chi connectivity index (χ2n) is 5.28. The molecule has 0 heterocycles. The lowest BCUT2D eigenvalue weighted by Gasteiger charge is -2.22. The molecule has 0 spiro atoms. The Balaban J connectivity index is 3.15. The van der Waals surface area contributed by atoms with Crippen molar-refractivity contribution in [2.24, 2.45) is 0 Å². The first-order valence-corrected chi connectivity index (χ1v) is 5.24. The van der Waals surface area contributed by atoms with Crippen molar-refractivity contribution in [3.05, 3.63) is 40.8 Å². The summed E-state index contributed by atoms with van der Waals surface area (Å²) in [6.07, 6.45) is 0. The molecule has 1 aromatic rings. The van der Waals surface area contributed by atoms with Gasteiger partial charge in [-0.3, -0.25) is 0 Å². The van der Waals surface area contributed by atoms with E-state index in [4.69, 9.17) is 0 Å². The van der Waals surface area contributed by atoms with Crippen LogP contribution in [0.1, 0.15) is 51.3 Å². The topological polar surface area (TPSA) is 0 Å². The zero-order valence-electron chi connectivity index (χ0n) is 10.2. The SMILES string of the molecule is C[C](C)c1ccc(C(C)(C)C)c(C)c1. The van der Waals surface area contributed by atoms with E-state index in [1.807, 2.05) is 0 Å². The first-order chi connectivity index (χ1) is 6.32. The van der Waals surface area contributed by atoms with Gasteiger partial charge in [-0.1, -0.05) is 52.8 Å². The van der Waals surface area contributed by atoms with E-state index in [1.165, 1.54) is 22.6 Å². The van der Waals surface area contributed by atoms with Gasteiger partial charge in [0, 0.05) is 0 Å². The Kier molecular flexibility index (Phi) is 3.04. The zero-order chi connectivity index (χ0) is 10.9. The van der Waals surface area contributed by atoms with Crippen molar-refractivity contribution in [1.82, 2.24) is 0 Å². The second kappa shape index (κ2) is 3.76. The Morgan fingerprint density at radius 3 is 2.00 bits per heavy atom. The average molecular weight is 189 g/mol. The molecule has 0 nitrogen and oxygen atoms in total. The minimum absolute atomic E-state index is 0.254. The monoisotopic (exact) mass is 189 g/mol. The van der Waals surface area contributed by atoms with E-state index in [-0.39, 0.29) is 5.41 Å². The van der Waals surface area contributed by atoms with Crippen LogP contribution in [-0.4, -0.2) is 0 Å². The number of rotatable bonds is 1. The third-order valence-electron chi connectivity index (χ3n) is 2.61. The van der Waals surface area contributed by atoms with Crippen LogP contribution in [0.15, 0.2) is 18.2 Å². The van der Waals surface area contributed by atoms with Crippen molar-refractivity contribution in [3.8, 4) is 0 Å². The Bertz CT molecular complexity index is 313. The largest absolute Gasteiger partial charge is 0.0582 e. The van der Waals surface area contributed by atoms with Gasteiger partial charge in [-0.15, -0.1) is 0 Å². The van der Waals surface area contributed by atoms with E-state index in [0.29, 0.717) is 0 Å². The van der Waals surface area contributed by atoms with E-state index >= 15 is 0 Å². The maximum absolute atomic E-state index is 2.29. The highest BCUT2D eigenvalue weighted by molar-refractivity contribution is 5.39. The van der Waals surface area contributed by atoms with Gasteiger partial charge in [-0.05, 0) is 34.9 Å². The van der Waals surface area contributed by atoms with E-state index in [2.05, 4.69) is 59.7 Å². The highest BCUT2D eigenvalue weighted by atomic mass is 14.2. The van der Waals surface area contributed by atoms with Crippen LogP contribution in [-0.2, 0) is 5.41 Å². The maximum Gasteiger partial charge on any atom is -0.00119 e. The van der Waals surface area contributed by atoms with E-state index in [9.17, 15) is 0 Å². The summed E-state index contributed by atoms with van der Waals surface area (Å²) < 4.78 is 0. The van der Waals surface area contributed by atoms with Gasteiger partial charge in [0.1, 0.15) is 0 Å². The van der Waals surface area contributed by atoms with Crippen molar-refractivity contribution in [2.45, 2.75) is 47.0 Å². The highest BCUT2D eigenvalue weighted by Gasteiger charge is 2.16. The number of benzene rings is 1. The van der Waals surface area contributed by atoms with Gasteiger partial charge >= 0.3 is 0 Å². The highest BCUT2D eigenvalue weighted by Crippen LogP contribution is 2.27. The molecule has 0 atom stereocenters. The lowest BCUT2D eigenvalue weighted by atomic mass is 9.83. The molecule has 0 aliphatic heterocycles. The lowest BCUT2D eigenvalue weighted by molar-refractivity contribution is 0.586. The first kappa shape index (κ1) is 11.3. The molecular formula is C14H21. The predicted octanol–water partition coefficient (Wildman–Crippen LogP) is 4.25. The molecule has 0 unspecified atom stereocenters. The summed E-state index contributed by atoms with van der Waals surface area (Å²) in [5.74, 6) is 1.38. The van der Waals surface area contributed by atoms with Gasteiger partial charge in [-0.25, -0.2) is 0 Å². The maximum atomic E-state index is 2.29. The number of hydrogen-bond donors (Lipinski definition) is 0. The van der Waals surface area contributed by atoms with Crippen molar-refractivity contribution in [1.29, 1.82) is 0 Å². The molecule has 0 heteroatoms. The molecule has 0 bridgehead atoms. The second-order valence-corrected chi connectivity index (χ2v) is 5.28. The molecule has 1 radical (unpaired) electrons. The van der Waals surface area contributed by atoms with Crippen LogP contribution in [0, 0.1) is 12.8 Å². The van der Waals surface area contributed by atoms with Gasteiger partial charge in [0.05, 0.1) is 0 Å². The van der Waals surface area contributed by atoms with Crippen molar-refractivity contribution < 1.29 is 0 Å². The average Bonchev–Trinajstić information content (AvgIpc) is 2.01. The van der Waals surface area contributed by atoms with Gasteiger partial charge in [-0.2, -0.15) is 0 Å². The fourth-order valence-electron chi connectivity index (χ4n) is 1.82. The van der Waals surface area contributed by atoms with Gasteiger partial charge < -0.3 is 0 Å². The number of aryl methyl sites for hydroxylation is 1. The van der Waals surface area contributed by atoms with Crippen molar-refractivity contribution in [2.75, 3.05) is 0 Å². The molecule has 0 amide bonds. The Hall–Kier alpha value is -0.780. The molecule has 0 N–H and O–H groups in total. The van der Waals surface area contributed by atoms with Crippen LogP contribution in [0.4, 0.5) is 0 Å². The predicted molar refractivity (Wildman–Crippen MR) is 63.6 cm³/mol. The summed E-state index contributed by atoms with van der Waals surface area (Å²) >= 11 is 0. The number of hydrogen-bond acceptors (Lipinski definition) is 0. The summed E-state index contributed by atoms with van der Waals surface area (Å²) in [6.45, 7) is 13.3. The quantitative estimate of drug-likeness (QED) is 0.619. The summed E-state index contributed by atoms with van der Waals surface area (Å²) in [6, 6.07) is 6.77. The minimum Gasteiger partial charge on any atom is -0.0582 e. The normalized spacial score (nSPS) is 12.2. The molecule has 0 saturated carbocycles. The molecule has 0 fully saturated rings. The van der Waals surface area contributed by atoms with Gasteiger partial charge in [0.15, 0.2) is 0 Å². The standard InChI is InChI=1S/C14H21/c1-10(2)12-7-8-13(11(3)9-12)14(4,5)6/h7-9H,1-6H3. The van der Waals surface area contributed by atoms with Gasteiger partial charge in [0.2, 0.25) is 0 Å². The molecule has 1 aromatic carbocycles. The van der Waals surface area contributed by atoms with Crippen LogP contribution in [0.3, 0.4) is 0 Å². The van der Waals surface area contributed by atoms with Crippen LogP contribution in [0.25, 0.3) is 0 Å². The molecule has 0 saturated heterocycles. The van der Waals surface area contributed by atoms with Crippen molar-refractivity contribution >= 4 is 0 Å². The Labute approximate surface area is 88.4 Å². The van der Waals surface area contributed by atoms with E-state index < -0.39 is 0 Å². The Morgan fingerprint density at radius 1 is 1.07 bits per heavy atom. The van der Waals surface area contributed by atoms with Crippen LogP contribution in [0.5, 0.6) is 0 Å². The van der Waals surface area contributed by atoms with Crippen LogP contribution < -0.4 is 0 Å². The minimum atomic E-state index is 0.254. The van der Waals surface area contributed by atoms with Crippen LogP contribution >= 0.6 is 0 Å². The molecule has 14 heavy (non-hydrogen) atoms. The molecule has 0 aliphatic rings. The first-order valence-electron chi connectivity index (χ1n) is 5.24. The summed E-state index contributed by atoms with van der Waals surface area (Å²) in [5, 5.41) is 0. The Morgan fingerprint density at radius 2 is 1.64 bits per heavy atom. The third kappa shape index (κ3) is 2.37. The summed E-state index contributed by atoms with van der Waals surface area (Å²) in [5.41, 5.74) is 4.46. The molecule has 1 rings (SSSR count). The molecule has 0 aliphatic carbocycles. The van der Waals surface area contributed by atoms with Crippen molar-refractivity contribution in [3.63, 3.8) is 0 Å². The third-order valence-corrected chi connectivity index (χ3v) is 2.61. The zero-order valence-corrected chi connectivity index (χ0v) is 10.2. The fraction of sp³-hybridized carbons (Fsp3) is 0.500. The molecular weight excluding hydrogens is 168 g/mol. The molecule has 0 aromatic heterocycles. The fourth-order valence-corrected chi connectivity index (χ4v) is 1.82. The van der Waals surface area contributed by atoms with E-state index in [0.717, 1.165) is 0 Å². The van der Waals surface area contributed by atoms with Crippen LogP contribution in [0.2, 0.25) is 0 Å². The molecule has 77 valence electrons. The van der Waals surface area contributed by atoms with Gasteiger partial charge in [0.25, 0.3) is 0 Å². The van der Waals surface area contributed by atoms with E-state index in [1.54, 1.807) is 0 Å².